The first-order valence-electron chi connectivity index (χ1n) is 8.14. The number of hydrogen-bond donors (Lipinski definition) is 2. The lowest BCUT2D eigenvalue weighted by molar-refractivity contribution is -0.132. The molecule has 2 unspecified atom stereocenters. The monoisotopic (exact) mass is 334 g/mol. The Morgan fingerprint density at radius 2 is 1.96 bits per heavy atom. The Morgan fingerprint density at radius 3 is 2.70 bits per heavy atom. The topological polar surface area (TPSA) is 61.0 Å². The molecule has 0 radical (unpaired) electrons. The molecule has 4 rings (SSSR count). The maximum absolute atomic E-state index is 12.6. The van der Waals surface area contributed by atoms with Crippen molar-refractivity contribution in [3.8, 4) is 0 Å². The highest BCUT2D eigenvalue weighted by Crippen LogP contribution is 2.29. The standard InChI is InChI=1S/C17H22N4O.ClH/c1-21(13-8-11-6-7-12(9-13)18-11)17(22)10-16-14-4-2-3-5-15(14)19-20-16;/h2-5,11-13,18H,6-10H2,1H3,(H,19,20);1H. The van der Waals surface area contributed by atoms with E-state index in [9.17, 15) is 4.79 Å². The predicted molar refractivity (Wildman–Crippen MR) is 92.8 cm³/mol. The SMILES string of the molecule is CN(C(=O)Cc1[nH]nc2ccccc12)C1CC2CCC(C1)N2.Cl. The van der Waals surface area contributed by atoms with Gasteiger partial charge in [0.2, 0.25) is 5.91 Å². The van der Waals surface area contributed by atoms with Crippen LogP contribution < -0.4 is 5.32 Å². The van der Waals surface area contributed by atoms with Gasteiger partial charge in [-0.2, -0.15) is 5.10 Å². The van der Waals surface area contributed by atoms with E-state index in [0.717, 1.165) is 29.4 Å². The van der Waals surface area contributed by atoms with Gasteiger partial charge in [-0.25, -0.2) is 0 Å². The van der Waals surface area contributed by atoms with Crippen molar-refractivity contribution < 1.29 is 4.79 Å². The van der Waals surface area contributed by atoms with Gasteiger partial charge in [-0.1, -0.05) is 18.2 Å². The lowest BCUT2D eigenvalue weighted by Crippen LogP contribution is -2.49. The van der Waals surface area contributed by atoms with Crippen molar-refractivity contribution in [2.24, 2.45) is 0 Å². The molecule has 5 nitrogen and oxygen atoms in total. The number of aromatic amines is 1. The molecule has 2 atom stereocenters. The van der Waals surface area contributed by atoms with Crippen LogP contribution in [0.1, 0.15) is 31.4 Å². The van der Waals surface area contributed by atoms with Crippen molar-refractivity contribution in [1.29, 1.82) is 0 Å². The number of H-pyrrole nitrogens is 1. The van der Waals surface area contributed by atoms with Gasteiger partial charge in [0.15, 0.2) is 0 Å². The molecular formula is C17H23ClN4O. The largest absolute Gasteiger partial charge is 0.342 e. The molecule has 2 aliphatic heterocycles. The average Bonchev–Trinajstić information content (AvgIpc) is 3.10. The summed E-state index contributed by atoms with van der Waals surface area (Å²) >= 11 is 0. The van der Waals surface area contributed by atoms with Crippen LogP contribution in [0.25, 0.3) is 10.9 Å². The first-order valence-corrected chi connectivity index (χ1v) is 8.14. The summed E-state index contributed by atoms with van der Waals surface area (Å²) < 4.78 is 0. The van der Waals surface area contributed by atoms with Gasteiger partial charge in [0.25, 0.3) is 0 Å². The number of halogens is 1. The van der Waals surface area contributed by atoms with E-state index in [-0.39, 0.29) is 18.3 Å². The lowest BCUT2D eigenvalue weighted by Gasteiger charge is -2.35. The van der Waals surface area contributed by atoms with Crippen LogP contribution in [0.2, 0.25) is 0 Å². The summed E-state index contributed by atoms with van der Waals surface area (Å²) in [7, 11) is 1.95. The van der Waals surface area contributed by atoms with E-state index in [1.54, 1.807) is 0 Å². The van der Waals surface area contributed by atoms with Gasteiger partial charge in [-0.05, 0) is 31.7 Å². The molecule has 6 heteroatoms. The zero-order valence-electron chi connectivity index (χ0n) is 13.3. The van der Waals surface area contributed by atoms with Crippen LogP contribution in [0.5, 0.6) is 0 Å². The summed E-state index contributed by atoms with van der Waals surface area (Å²) in [5.74, 6) is 0.181. The maximum Gasteiger partial charge on any atom is 0.228 e. The normalized spacial score (nSPS) is 26.0. The zero-order valence-corrected chi connectivity index (χ0v) is 14.1. The van der Waals surface area contributed by atoms with Crippen molar-refractivity contribution in [1.82, 2.24) is 20.4 Å². The summed E-state index contributed by atoms with van der Waals surface area (Å²) in [5.41, 5.74) is 1.84. The molecule has 1 amide bonds. The van der Waals surface area contributed by atoms with Crippen LogP contribution in [-0.2, 0) is 11.2 Å². The molecule has 2 bridgehead atoms. The second kappa shape index (κ2) is 6.49. The van der Waals surface area contributed by atoms with Crippen LogP contribution in [0.15, 0.2) is 24.3 Å². The highest BCUT2D eigenvalue weighted by molar-refractivity contribution is 5.87. The summed E-state index contributed by atoms with van der Waals surface area (Å²) in [4.78, 5) is 14.6. The van der Waals surface area contributed by atoms with E-state index in [1.165, 1.54) is 12.8 Å². The van der Waals surface area contributed by atoms with Crippen LogP contribution in [0, 0.1) is 0 Å². The number of nitrogens with zero attached hydrogens (tertiary/aromatic N) is 2. The first kappa shape index (κ1) is 16.3. The maximum atomic E-state index is 12.6. The smallest absolute Gasteiger partial charge is 0.228 e. The molecule has 2 aromatic rings. The van der Waals surface area contributed by atoms with Gasteiger partial charge in [0.05, 0.1) is 17.6 Å². The lowest BCUT2D eigenvalue weighted by atomic mass is 9.98. The highest BCUT2D eigenvalue weighted by atomic mass is 35.5. The molecule has 1 aromatic carbocycles. The second-order valence-corrected chi connectivity index (χ2v) is 6.66. The number of carbonyl (C=O) groups is 1. The minimum atomic E-state index is 0. The Labute approximate surface area is 142 Å². The van der Waals surface area contributed by atoms with Crippen molar-refractivity contribution in [3.05, 3.63) is 30.0 Å². The number of hydrogen-bond acceptors (Lipinski definition) is 3. The second-order valence-electron chi connectivity index (χ2n) is 6.66. The van der Waals surface area contributed by atoms with Crippen LogP contribution in [0.3, 0.4) is 0 Å². The van der Waals surface area contributed by atoms with Gasteiger partial charge >= 0.3 is 0 Å². The molecule has 2 fully saturated rings. The van der Waals surface area contributed by atoms with Crippen LogP contribution in [-0.4, -0.2) is 46.2 Å². The van der Waals surface area contributed by atoms with Gasteiger partial charge in [0.1, 0.15) is 0 Å². The fourth-order valence-corrected chi connectivity index (χ4v) is 3.97. The van der Waals surface area contributed by atoms with E-state index in [1.807, 2.05) is 36.2 Å². The first-order chi connectivity index (χ1) is 10.7. The molecule has 0 saturated carbocycles. The summed E-state index contributed by atoms with van der Waals surface area (Å²) in [5, 5.41) is 12.0. The Bertz CT molecular complexity index is 689. The minimum Gasteiger partial charge on any atom is -0.342 e. The van der Waals surface area contributed by atoms with Gasteiger partial charge in [-0.15, -0.1) is 12.4 Å². The zero-order chi connectivity index (χ0) is 15.1. The summed E-state index contributed by atoms with van der Waals surface area (Å²) in [6, 6.07) is 9.52. The average molecular weight is 335 g/mol. The quantitative estimate of drug-likeness (QED) is 0.905. The number of carbonyl (C=O) groups excluding carboxylic acids is 1. The number of para-hydroxylation sites is 1. The predicted octanol–water partition coefficient (Wildman–Crippen LogP) is 2.27. The van der Waals surface area contributed by atoms with Crippen molar-refractivity contribution in [3.63, 3.8) is 0 Å². The number of aromatic nitrogens is 2. The highest BCUT2D eigenvalue weighted by Gasteiger charge is 2.36. The molecular weight excluding hydrogens is 312 g/mol. The number of piperidine rings is 1. The molecule has 0 spiro atoms. The van der Waals surface area contributed by atoms with Crippen LogP contribution in [0.4, 0.5) is 0 Å². The van der Waals surface area contributed by atoms with Gasteiger partial charge in [0, 0.05) is 30.6 Å². The van der Waals surface area contributed by atoms with Gasteiger partial charge in [-0.3, -0.25) is 9.89 Å². The van der Waals surface area contributed by atoms with Crippen molar-refractivity contribution >= 4 is 29.2 Å². The van der Waals surface area contributed by atoms with Crippen LogP contribution >= 0.6 is 12.4 Å². The molecule has 2 N–H and O–H groups in total. The number of amides is 1. The van der Waals surface area contributed by atoms with Gasteiger partial charge < -0.3 is 10.2 Å². The molecule has 2 aliphatic rings. The molecule has 2 saturated heterocycles. The fraction of sp³-hybridized carbons (Fsp3) is 0.529. The molecule has 23 heavy (non-hydrogen) atoms. The third-order valence-electron chi connectivity index (χ3n) is 5.26. The van der Waals surface area contributed by atoms with E-state index >= 15 is 0 Å². The number of benzene rings is 1. The van der Waals surface area contributed by atoms with Crippen molar-refractivity contribution in [2.45, 2.75) is 50.2 Å². The molecule has 0 aliphatic carbocycles. The Balaban J connectivity index is 0.00000156. The Kier molecular flexibility index (Phi) is 4.60. The van der Waals surface area contributed by atoms with E-state index in [4.69, 9.17) is 0 Å². The van der Waals surface area contributed by atoms with Crippen molar-refractivity contribution in [2.75, 3.05) is 7.05 Å². The number of nitrogens with one attached hydrogen (secondary N) is 2. The number of likely N-dealkylation sites (N-methyl/N-ethyl adjacent to an activating group) is 1. The fourth-order valence-electron chi connectivity index (χ4n) is 3.97. The summed E-state index contributed by atoms with van der Waals surface area (Å²) in [6.45, 7) is 0. The van der Waals surface area contributed by atoms with E-state index in [2.05, 4.69) is 15.5 Å². The molecule has 3 heterocycles. The molecule has 124 valence electrons. The number of fused-ring (bicyclic) bond motifs is 3. The summed E-state index contributed by atoms with van der Waals surface area (Å²) in [6.07, 6.45) is 5.09. The number of rotatable bonds is 3. The third-order valence-corrected chi connectivity index (χ3v) is 5.26. The van der Waals surface area contributed by atoms with E-state index < -0.39 is 0 Å². The van der Waals surface area contributed by atoms with E-state index in [0.29, 0.717) is 24.5 Å². The minimum absolute atomic E-state index is 0. The molecule has 1 aromatic heterocycles. The third kappa shape index (κ3) is 3.08. The Morgan fingerprint density at radius 1 is 1.26 bits per heavy atom. The Hall–Kier alpha value is -1.59.